The summed E-state index contributed by atoms with van der Waals surface area (Å²) in [6.45, 7) is 96.3. The molecule has 1 atom stereocenters. The number of aryl methyl sites for hydroxylation is 1. The maximum atomic E-state index is 12.5. The van der Waals surface area contributed by atoms with Gasteiger partial charge in [-0.2, -0.15) is 30.7 Å². The zero-order chi connectivity index (χ0) is 109. The van der Waals surface area contributed by atoms with Crippen molar-refractivity contribution in [1.82, 2.24) is 0 Å². The maximum absolute atomic E-state index is 12.5. The maximum Gasteiger partial charge on any atom is 0.416 e. The molecule has 2 aliphatic rings. The van der Waals surface area contributed by atoms with Crippen molar-refractivity contribution in [2.45, 2.75) is 433 Å². The Balaban J connectivity index is -0.000000182. The molecule has 0 radical (unpaired) electrons. The number of esters is 1. The molecule has 1 unspecified atom stereocenters. The third kappa shape index (κ3) is 91.5. The second-order valence-corrected chi connectivity index (χ2v) is 47.0. The Bertz CT molecular complexity index is 3510. The lowest BCUT2D eigenvalue weighted by Gasteiger charge is -2.45. The molecule has 2 saturated carbocycles. The normalized spacial score (nSPS) is 13.4. The Kier molecular flexibility index (Phi) is 91.4. The molecule has 796 valence electrons. The Hall–Kier alpha value is -4.93. The van der Waals surface area contributed by atoms with Gasteiger partial charge in [0.15, 0.2) is 3.79 Å². The van der Waals surface area contributed by atoms with Crippen molar-refractivity contribution < 1.29 is 53.8 Å². The Morgan fingerprint density at radius 1 is 0.493 bits per heavy atom. The van der Waals surface area contributed by atoms with E-state index >= 15 is 0 Å². The number of halogens is 12. The van der Waals surface area contributed by atoms with Crippen LogP contribution in [0.2, 0.25) is 0 Å². The molecule has 0 amide bonds. The molecule has 0 heterocycles. The lowest BCUT2D eigenvalue weighted by molar-refractivity contribution is -0.322. The number of hydrogen-bond acceptors (Lipinski definition) is 3. The number of methoxy groups -OCH3 is 2. The van der Waals surface area contributed by atoms with E-state index in [1.165, 1.54) is 131 Å². The highest BCUT2D eigenvalue weighted by Gasteiger charge is 2.72. The number of benzene rings is 5. The van der Waals surface area contributed by atoms with Crippen LogP contribution in [0, 0.1) is 125 Å². The molecule has 136 heavy (non-hydrogen) atoms. The predicted molar refractivity (Wildman–Crippen MR) is 590 cm³/mol. The first-order valence-electron chi connectivity index (χ1n) is 51.2. The van der Waals surface area contributed by atoms with Crippen molar-refractivity contribution >= 4 is 40.8 Å². The lowest BCUT2D eigenvalue weighted by Crippen LogP contribution is -2.60. The number of ether oxygens (including phenoxy) is 2. The van der Waals surface area contributed by atoms with Crippen LogP contribution in [0.3, 0.4) is 0 Å². The van der Waals surface area contributed by atoms with Gasteiger partial charge < -0.3 is 9.47 Å². The summed E-state index contributed by atoms with van der Waals surface area (Å²) in [5.74, 6) is 5.70. The van der Waals surface area contributed by atoms with Crippen molar-refractivity contribution in [1.29, 1.82) is 0 Å². The molecule has 0 N–H and O–H groups in total. The molecule has 2 fully saturated rings. The summed E-state index contributed by atoms with van der Waals surface area (Å²) >= 11 is 17.4. The van der Waals surface area contributed by atoms with E-state index in [0.717, 1.165) is 90.3 Å². The Morgan fingerprint density at radius 3 is 1.05 bits per heavy atom. The van der Waals surface area contributed by atoms with Gasteiger partial charge in [0.05, 0.1) is 24.9 Å². The third-order valence-corrected chi connectivity index (χ3v) is 23.1. The van der Waals surface area contributed by atoms with Crippen LogP contribution >= 0.6 is 34.8 Å². The fourth-order valence-corrected chi connectivity index (χ4v) is 12.9. The number of carbonyl (C=O) groups excluding carboxylic acids is 1. The van der Waals surface area contributed by atoms with Gasteiger partial charge in [-0.25, -0.2) is 9.18 Å². The quantitative estimate of drug-likeness (QED) is 0.0215. The SMILES string of the molecule is C#CC(C)C.C=CCC(C)C.CC(C)C(C)C.CC(C)C1CC(F)(F)C1(F)F.CC(C)C1CCCC1.CC(C)CC(C)(C)C.CC(C)CC(C)(C)C(Cl)(Cl)Cl.CC(C)CC(C)C.CC(C)CCF.CC(C)c1ccc(F)cc1.CC(C)c1cccc(C(F)(F)F)c1.CC(C)c1ccccc1.CCCC(C)C.COC(=O)c1ccc(C(C)C)cc1.COCCC(C)C.Cc1cccc(C(C)C)c1. The number of allylic oxidation sites excluding steroid dienone is 1. The zero-order valence-corrected chi connectivity index (χ0v) is 97.7. The number of alkyl halides is 11. The van der Waals surface area contributed by atoms with Crippen molar-refractivity contribution in [2.75, 3.05) is 27.5 Å². The van der Waals surface area contributed by atoms with Gasteiger partial charge in [-0.15, -0.1) is 18.9 Å². The van der Waals surface area contributed by atoms with Crippen LogP contribution in [0.4, 0.5) is 39.5 Å². The smallest absolute Gasteiger partial charge is 0.416 e. The van der Waals surface area contributed by atoms with Crippen LogP contribution in [0.5, 0.6) is 0 Å². The van der Waals surface area contributed by atoms with Gasteiger partial charge in [0.2, 0.25) is 0 Å². The van der Waals surface area contributed by atoms with E-state index in [1.807, 2.05) is 91.8 Å². The predicted octanol–water partition coefficient (Wildman–Crippen LogP) is 43.2. The fraction of sp³-hybridized carbons (Fsp3) is 0.711. The van der Waals surface area contributed by atoms with Gasteiger partial charge in [-0.1, -0.05) is 473 Å². The van der Waals surface area contributed by atoms with E-state index in [1.54, 1.807) is 25.3 Å². The van der Waals surface area contributed by atoms with Crippen LogP contribution in [0.15, 0.2) is 140 Å². The summed E-state index contributed by atoms with van der Waals surface area (Å²) < 4.78 is 118. The summed E-state index contributed by atoms with van der Waals surface area (Å²) in [5, 5.41) is 0. The molecule has 0 aromatic heterocycles. The van der Waals surface area contributed by atoms with Crippen LogP contribution < -0.4 is 0 Å². The third-order valence-electron chi connectivity index (χ3n) is 21.6. The highest BCUT2D eigenvalue weighted by atomic mass is 35.6. The summed E-state index contributed by atoms with van der Waals surface area (Å²) in [4.78, 5) is 11.1. The largest absolute Gasteiger partial charge is 0.465 e. The van der Waals surface area contributed by atoms with Crippen molar-refractivity contribution in [3.05, 3.63) is 190 Å². The van der Waals surface area contributed by atoms with Crippen LogP contribution in [0.1, 0.15) is 453 Å². The van der Waals surface area contributed by atoms with Crippen LogP contribution in [-0.4, -0.2) is 49.1 Å². The first kappa shape index (κ1) is 149. The van der Waals surface area contributed by atoms with E-state index in [9.17, 15) is 44.3 Å². The molecule has 2 aliphatic carbocycles. The molecule has 0 saturated heterocycles. The Morgan fingerprint density at radius 2 is 0.868 bits per heavy atom. The molecule has 3 nitrogen and oxygen atoms in total. The van der Waals surface area contributed by atoms with Crippen molar-refractivity contribution in [3.8, 4) is 12.3 Å². The van der Waals surface area contributed by atoms with E-state index in [-0.39, 0.29) is 35.7 Å². The summed E-state index contributed by atoms with van der Waals surface area (Å²) in [6, 6.07) is 38.8. The van der Waals surface area contributed by atoms with E-state index in [4.69, 9.17) is 46.0 Å². The molecular formula is C121H210Cl3F9O3. The molecular weight excluding hydrogens is 1780 g/mol. The minimum absolute atomic E-state index is 0.127. The van der Waals surface area contributed by atoms with Crippen molar-refractivity contribution in [2.24, 2.45) is 99.6 Å². The highest BCUT2D eigenvalue weighted by Crippen LogP contribution is 2.58. The van der Waals surface area contributed by atoms with Gasteiger partial charge in [0.1, 0.15) is 5.82 Å². The average Bonchev–Trinajstić information content (AvgIpc) is 0.755. The van der Waals surface area contributed by atoms with E-state index in [0.29, 0.717) is 58.8 Å². The topological polar surface area (TPSA) is 35.5 Å². The molecule has 5 aromatic rings. The Labute approximate surface area is 851 Å². The summed E-state index contributed by atoms with van der Waals surface area (Å²) in [5.41, 5.74) is 7.64. The van der Waals surface area contributed by atoms with Gasteiger partial charge in [0, 0.05) is 37.4 Å². The first-order valence-corrected chi connectivity index (χ1v) is 52.4. The minimum atomic E-state index is -4.23. The number of rotatable bonds is 23. The summed E-state index contributed by atoms with van der Waals surface area (Å²) in [6.07, 6.45) is 17.3. The van der Waals surface area contributed by atoms with Gasteiger partial charge in [-0.05, 0) is 216 Å². The fourth-order valence-electron chi connectivity index (χ4n) is 12.7. The summed E-state index contributed by atoms with van der Waals surface area (Å²) in [7, 11) is 3.13. The molecule has 7 rings (SSSR count). The number of hydrogen-bond donors (Lipinski definition) is 0. The first-order chi connectivity index (χ1) is 62.1. The zero-order valence-electron chi connectivity index (χ0n) is 95.4. The van der Waals surface area contributed by atoms with Crippen LogP contribution in [0.25, 0.3) is 0 Å². The molecule has 0 bridgehead atoms. The number of carbonyl (C=O) groups is 1. The average molecular weight is 1990 g/mol. The minimum Gasteiger partial charge on any atom is -0.465 e. The molecule has 0 aliphatic heterocycles. The second kappa shape index (κ2) is 83.5. The van der Waals surface area contributed by atoms with Gasteiger partial charge in [0.25, 0.3) is 0 Å². The number of terminal acetylenes is 1. The molecule has 15 heteroatoms. The van der Waals surface area contributed by atoms with Gasteiger partial charge >= 0.3 is 24.0 Å². The van der Waals surface area contributed by atoms with Crippen LogP contribution in [-0.2, 0) is 15.7 Å². The van der Waals surface area contributed by atoms with Crippen molar-refractivity contribution in [3.63, 3.8) is 0 Å². The molecule has 5 aromatic carbocycles. The van der Waals surface area contributed by atoms with Gasteiger partial charge in [-0.3, -0.25) is 4.39 Å². The lowest BCUT2D eigenvalue weighted by atomic mass is 9.70. The molecule has 0 spiro atoms. The van der Waals surface area contributed by atoms with E-state index < -0.39 is 39.7 Å². The standard InChI is InChI=1S/C11H14O2.C10H11F3.C10H14.C9H11F.C9H12.C8H15Cl3.C8H16.C8H18.C7H10F4.C7H16.C6H14O.2C6H14.C6H12.C5H11F.C5H8/c1-8(2)9-4-6-10(7-5-9)11(12)13-3;1-7(2)8-4-3-5-9(6-8)10(11,12)13;1-8(2)10-6-4-5-9(3)7-10;1-7(2)8-3-5-9(10)6-4-8;1-8(2)9-6-4-3-5-7-9;1-6(2)5-7(3,4)8(9,10)11;1-7(2)8-5-3-4-6-8;1-7(2)6-8(3,4)5;1-4(2)5-3-6(8,9)7(5,10)11;1-6(2)5-7(3)4;1-6(2)4-5-7-3;1-5(2)6(3)4;2*1-4-5-6(2)3;1-5(2)3-4-6;1-4-5(2)3/h4-8H,1-3H3;3-7H,1-2H3;4-8H,1-3H3;3-7H,1-2H3;3-8H,1-2H3;6H,5H2,1-4H3;7-8H,3-6H2,1-2H3;7H,6H2,1-5H3;4-5H,3H2,1-2H3;6-7H,5H2,1-4H3;6H,4-5H2,1-3H3;5-6H,1-4H3;6H,4-5H2,1-3H3;4,6H,1,5H2,2-3H3;5H,3-4H2,1-2H3;1,5H,2-3H3. The second-order valence-electron chi connectivity index (χ2n) is 44.7. The van der Waals surface area contributed by atoms with E-state index in [2.05, 4.69) is 294 Å². The monoisotopic (exact) mass is 1990 g/mol. The highest BCUT2D eigenvalue weighted by molar-refractivity contribution is 6.68.